The predicted octanol–water partition coefficient (Wildman–Crippen LogP) is 5.63. The number of likely N-dealkylation sites (tertiary alicyclic amines) is 1. The molecule has 0 amide bonds. The Labute approximate surface area is 218 Å². The lowest BCUT2D eigenvalue weighted by Crippen LogP contribution is -2.29. The Morgan fingerprint density at radius 1 is 1.19 bits per heavy atom. The number of hydrogen-bond donors (Lipinski definition) is 3. The largest absolute Gasteiger partial charge is 0.361 e. The number of aromatic amines is 1. The van der Waals surface area contributed by atoms with Crippen LogP contribution >= 0.6 is 0 Å². The van der Waals surface area contributed by atoms with Gasteiger partial charge in [0.05, 0.1) is 22.6 Å². The number of nitriles is 1. The summed E-state index contributed by atoms with van der Waals surface area (Å²) in [4.78, 5) is 14.8. The molecule has 3 aromatic heterocycles. The second-order valence-electron chi connectivity index (χ2n) is 9.69. The predicted molar refractivity (Wildman–Crippen MR) is 150 cm³/mol. The molecule has 188 valence electrons. The van der Waals surface area contributed by atoms with Gasteiger partial charge in [-0.1, -0.05) is 6.07 Å². The first kappa shape index (κ1) is 24.7. The fraction of sp³-hybridized carbons (Fsp3) is 0.300. The molecule has 3 N–H and O–H groups in total. The summed E-state index contributed by atoms with van der Waals surface area (Å²) in [5, 5.41) is 17.9. The van der Waals surface area contributed by atoms with Crippen molar-refractivity contribution >= 4 is 34.4 Å². The number of aromatic nitrogens is 3. The second kappa shape index (κ2) is 11.4. The average Bonchev–Trinajstić information content (AvgIpc) is 3.57. The van der Waals surface area contributed by atoms with Gasteiger partial charge in [0, 0.05) is 53.3 Å². The Morgan fingerprint density at radius 2 is 2.11 bits per heavy atom. The number of anilines is 2. The highest BCUT2D eigenvalue weighted by atomic mass is 15.1. The molecular formula is C30H33N7. The lowest BCUT2D eigenvalue weighted by molar-refractivity contribution is 0.293. The first-order chi connectivity index (χ1) is 18.1. The number of aryl methyl sites for hydroxylation is 1. The summed E-state index contributed by atoms with van der Waals surface area (Å²) >= 11 is 0. The summed E-state index contributed by atoms with van der Waals surface area (Å²) in [7, 11) is 2.22. The lowest BCUT2D eigenvalue weighted by atomic mass is 10.1. The van der Waals surface area contributed by atoms with Crippen LogP contribution in [-0.4, -0.2) is 46.0 Å². The van der Waals surface area contributed by atoms with Crippen LogP contribution in [0.3, 0.4) is 0 Å². The van der Waals surface area contributed by atoms with Gasteiger partial charge in [-0.25, -0.2) is 0 Å². The van der Waals surface area contributed by atoms with E-state index in [0.29, 0.717) is 11.6 Å². The Balaban J connectivity index is 1.29. The van der Waals surface area contributed by atoms with E-state index in [2.05, 4.69) is 57.7 Å². The van der Waals surface area contributed by atoms with E-state index < -0.39 is 0 Å². The van der Waals surface area contributed by atoms with E-state index in [4.69, 9.17) is 4.98 Å². The Kier molecular flexibility index (Phi) is 7.59. The summed E-state index contributed by atoms with van der Waals surface area (Å²) in [5.41, 5.74) is 7.11. The van der Waals surface area contributed by atoms with Crippen molar-refractivity contribution < 1.29 is 0 Å². The van der Waals surface area contributed by atoms with Crippen molar-refractivity contribution in [2.45, 2.75) is 38.8 Å². The molecule has 1 aliphatic heterocycles. The van der Waals surface area contributed by atoms with Gasteiger partial charge in [0.1, 0.15) is 6.07 Å². The number of rotatable bonds is 9. The summed E-state index contributed by atoms with van der Waals surface area (Å²) in [6.45, 7) is 5.03. The molecule has 1 aliphatic rings. The van der Waals surface area contributed by atoms with Crippen molar-refractivity contribution in [2.24, 2.45) is 0 Å². The third kappa shape index (κ3) is 5.72. The minimum Gasteiger partial charge on any atom is -0.361 e. The summed E-state index contributed by atoms with van der Waals surface area (Å²) in [6, 6.07) is 15.2. The first-order valence-electron chi connectivity index (χ1n) is 12.9. The molecule has 4 aromatic rings. The van der Waals surface area contributed by atoms with Gasteiger partial charge < -0.3 is 20.5 Å². The maximum atomic E-state index is 9.76. The van der Waals surface area contributed by atoms with E-state index in [1.807, 2.05) is 42.6 Å². The van der Waals surface area contributed by atoms with Gasteiger partial charge in [0.25, 0.3) is 0 Å². The third-order valence-electron chi connectivity index (χ3n) is 7.25. The van der Waals surface area contributed by atoms with Gasteiger partial charge in [-0.05, 0) is 94.4 Å². The van der Waals surface area contributed by atoms with Crippen LogP contribution in [0.25, 0.3) is 23.1 Å². The molecule has 0 spiro atoms. The Bertz CT molecular complexity index is 1450. The van der Waals surface area contributed by atoms with Crippen LogP contribution in [-0.2, 0) is 6.54 Å². The van der Waals surface area contributed by atoms with Crippen molar-refractivity contribution in [3.05, 3.63) is 83.1 Å². The Morgan fingerprint density at radius 3 is 2.95 bits per heavy atom. The molecule has 37 heavy (non-hydrogen) atoms. The quantitative estimate of drug-likeness (QED) is 0.263. The Hall–Kier alpha value is -3.99. The fourth-order valence-electron chi connectivity index (χ4n) is 5.08. The molecule has 0 radical (unpaired) electrons. The number of fused-ring (bicyclic) bond motifs is 1. The van der Waals surface area contributed by atoms with Crippen LogP contribution in [0.5, 0.6) is 0 Å². The van der Waals surface area contributed by atoms with Gasteiger partial charge in [0.2, 0.25) is 0 Å². The second-order valence-corrected chi connectivity index (χ2v) is 9.69. The van der Waals surface area contributed by atoms with Gasteiger partial charge in [-0.15, -0.1) is 0 Å². The first-order valence-corrected chi connectivity index (χ1v) is 12.9. The SMILES string of the molecule is Cc1c(Nc2c(C#N)cncc2/C=C/c2cccc(CNCCC3CCCN3C)n2)ccc2[nH]ccc12. The molecule has 5 rings (SSSR count). The van der Waals surface area contributed by atoms with Crippen LogP contribution < -0.4 is 10.6 Å². The van der Waals surface area contributed by atoms with Crippen molar-refractivity contribution in [2.75, 3.05) is 25.5 Å². The third-order valence-corrected chi connectivity index (χ3v) is 7.25. The average molecular weight is 492 g/mol. The van der Waals surface area contributed by atoms with Crippen molar-refractivity contribution in [3.8, 4) is 6.07 Å². The number of hydrogen-bond acceptors (Lipinski definition) is 6. The molecule has 1 aromatic carbocycles. The fourth-order valence-corrected chi connectivity index (χ4v) is 5.08. The van der Waals surface area contributed by atoms with Crippen molar-refractivity contribution in [3.63, 3.8) is 0 Å². The molecule has 7 nitrogen and oxygen atoms in total. The molecule has 1 fully saturated rings. The topological polar surface area (TPSA) is 92.7 Å². The molecule has 0 saturated carbocycles. The number of nitrogens with zero attached hydrogens (tertiary/aromatic N) is 4. The number of H-pyrrole nitrogens is 1. The molecule has 7 heteroatoms. The van der Waals surface area contributed by atoms with Crippen LogP contribution in [0.1, 0.15) is 47.3 Å². The highest BCUT2D eigenvalue weighted by molar-refractivity contribution is 5.90. The van der Waals surface area contributed by atoms with Gasteiger partial charge in [-0.3, -0.25) is 9.97 Å². The summed E-state index contributed by atoms with van der Waals surface area (Å²) in [6.07, 6.45) is 13.0. The van der Waals surface area contributed by atoms with Gasteiger partial charge in [-0.2, -0.15) is 5.26 Å². The molecule has 1 unspecified atom stereocenters. The number of benzene rings is 1. The highest BCUT2D eigenvalue weighted by Gasteiger charge is 2.19. The van der Waals surface area contributed by atoms with Crippen LogP contribution in [0.4, 0.5) is 11.4 Å². The zero-order chi connectivity index (χ0) is 25.6. The van der Waals surface area contributed by atoms with E-state index >= 15 is 0 Å². The normalized spacial score (nSPS) is 16.0. The monoisotopic (exact) mass is 491 g/mol. The highest BCUT2D eigenvalue weighted by Crippen LogP contribution is 2.31. The van der Waals surface area contributed by atoms with E-state index in [1.165, 1.54) is 25.8 Å². The van der Waals surface area contributed by atoms with E-state index in [9.17, 15) is 5.26 Å². The lowest BCUT2D eigenvalue weighted by Gasteiger charge is -2.19. The molecule has 0 bridgehead atoms. The molecule has 4 heterocycles. The van der Waals surface area contributed by atoms with Crippen LogP contribution in [0.15, 0.2) is 55.0 Å². The molecule has 1 saturated heterocycles. The van der Waals surface area contributed by atoms with Gasteiger partial charge >= 0.3 is 0 Å². The van der Waals surface area contributed by atoms with Crippen molar-refractivity contribution in [1.29, 1.82) is 5.26 Å². The standard InChI is InChI=1S/C30H33N7/c1-21-27-13-15-34-29(27)11-10-28(21)36-30-22(18-33-19-23(30)17-31)8-9-24-5-3-6-25(35-24)20-32-14-12-26-7-4-16-37(26)2/h3,5-6,8-11,13,15,18-19,26,32,34H,4,7,12,14,16,20H2,1-2H3,(H,33,36)/b9-8+. The minimum absolute atomic E-state index is 0.495. The van der Waals surface area contributed by atoms with Gasteiger partial charge in [0.15, 0.2) is 0 Å². The van der Waals surface area contributed by atoms with Crippen LogP contribution in [0, 0.1) is 18.3 Å². The molecule has 1 atom stereocenters. The zero-order valence-corrected chi connectivity index (χ0v) is 21.5. The number of nitrogens with one attached hydrogen (secondary N) is 3. The van der Waals surface area contributed by atoms with Crippen LogP contribution in [0.2, 0.25) is 0 Å². The molecular weight excluding hydrogens is 458 g/mol. The zero-order valence-electron chi connectivity index (χ0n) is 21.5. The van der Waals surface area contributed by atoms with E-state index in [0.717, 1.165) is 57.9 Å². The van der Waals surface area contributed by atoms with Crippen molar-refractivity contribution in [1.82, 2.24) is 25.2 Å². The summed E-state index contributed by atoms with van der Waals surface area (Å²) < 4.78 is 0. The summed E-state index contributed by atoms with van der Waals surface area (Å²) in [5.74, 6) is 0. The van der Waals surface area contributed by atoms with E-state index in [-0.39, 0.29) is 0 Å². The minimum atomic E-state index is 0.495. The maximum Gasteiger partial charge on any atom is 0.103 e. The smallest absolute Gasteiger partial charge is 0.103 e. The molecule has 0 aliphatic carbocycles. The van der Waals surface area contributed by atoms with E-state index in [1.54, 1.807) is 12.4 Å². The number of pyridine rings is 2. The maximum absolute atomic E-state index is 9.76.